The molecule has 2 atom stereocenters. The number of carbonyl (C=O) groups excluding carboxylic acids is 1. The smallest absolute Gasteiger partial charge is 0.251 e. The maximum atomic E-state index is 13.2. The highest BCUT2D eigenvalue weighted by Crippen LogP contribution is 2.41. The number of fused-ring (bicyclic) bond motifs is 1. The minimum absolute atomic E-state index is 0.0276. The van der Waals surface area contributed by atoms with Crippen LogP contribution in [0.3, 0.4) is 0 Å². The molecule has 0 saturated heterocycles. The molecule has 0 aromatic heterocycles. The highest BCUT2D eigenvalue weighted by atomic mass is 32.2. The van der Waals surface area contributed by atoms with Gasteiger partial charge in [-0.3, -0.25) is 9.69 Å². The van der Waals surface area contributed by atoms with Crippen molar-refractivity contribution in [2.45, 2.75) is 76.9 Å². The molecule has 2 N–H and O–H groups in total. The standard InChI is InChI=1S/C30H42N2O4S/c1-5-37(35,36)26-13-10-23(11-14-26)28(19-33)31-30(34)24-12-15-27-25(16-24)18-32(29(27)20(2)3)17-22-8-6-21(4)7-9-22/h10-16,20-22,28-29,33H,5-9,17-19H2,1-4H3,(H,31,34)/t21?,22?,28-,29+/m1/s1. The first-order chi connectivity index (χ1) is 17.6. The van der Waals surface area contributed by atoms with Crippen LogP contribution in [0.4, 0.5) is 0 Å². The van der Waals surface area contributed by atoms with Crippen molar-refractivity contribution in [2.24, 2.45) is 17.8 Å². The third-order valence-electron chi connectivity index (χ3n) is 8.26. The van der Waals surface area contributed by atoms with Crippen LogP contribution in [-0.4, -0.2) is 43.2 Å². The zero-order valence-corrected chi connectivity index (χ0v) is 23.4. The minimum Gasteiger partial charge on any atom is -0.394 e. The van der Waals surface area contributed by atoms with Gasteiger partial charge >= 0.3 is 0 Å². The molecule has 0 bridgehead atoms. The van der Waals surface area contributed by atoms with E-state index in [1.807, 2.05) is 12.1 Å². The number of hydrogen-bond donors (Lipinski definition) is 2. The summed E-state index contributed by atoms with van der Waals surface area (Å²) in [6, 6.07) is 12.1. The van der Waals surface area contributed by atoms with E-state index in [2.05, 4.69) is 37.1 Å². The topological polar surface area (TPSA) is 86.7 Å². The maximum Gasteiger partial charge on any atom is 0.251 e. The van der Waals surface area contributed by atoms with Crippen molar-refractivity contribution in [3.8, 4) is 0 Å². The average molecular weight is 527 g/mol. The first-order valence-corrected chi connectivity index (χ1v) is 15.4. The quantitative estimate of drug-likeness (QED) is 0.464. The van der Waals surface area contributed by atoms with E-state index in [1.165, 1.54) is 48.9 Å². The fourth-order valence-electron chi connectivity index (χ4n) is 6.04. The Labute approximate surface area is 222 Å². The summed E-state index contributed by atoms with van der Waals surface area (Å²) < 4.78 is 24.2. The molecular formula is C30H42N2O4S. The molecule has 1 fully saturated rings. The molecule has 2 aromatic rings. The van der Waals surface area contributed by atoms with Gasteiger partial charge in [0.1, 0.15) is 0 Å². The molecule has 1 saturated carbocycles. The summed E-state index contributed by atoms with van der Waals surface area (Å²) in [4.78, 5) is 16.0. The van der Waals surface area contributed by atoms with Gasteiger partial charge < -0.3 is 10.4 Å². The van der Waals surface area contributed by atoms with Crippen molar-refractivity contribution in [3.05, 3.63) is 64.7 Å². The van der Waals surface area contributed by atoms with Gasteiger partial charge in [-0.1, -0.05) is 58.7 Å². The van der Waals surface area contributed by atoms with E-state index in [0.29, 0.717) is 23.1 Å². The van der Waals surface area contributed by atoms with Crippen LogP contribution in [0, 0.1) is 17.8 Å². The predicted octanol–water partition coefficient (Wildman–Crippen LogP) is 5.28. The van der Waals surface area contributed by atoms with Gasteiger partial charge in [0.05, 0.1) is 23.3 Å². The van der Waals surface area contributed by atoms with Gasteiger partial charge in [0.15, 0.2) is 9.84 Å². The second-order valence-corrected chi connectivity index (χ2v) is 13.6. The highest BCUT2D eigenvalue weighted by molar-refractivity contribution is 7.91. The summed E-state index contributed by atoms with van der Waals surface area (Å²) >= 11 is 0. The van der Waals surface area contributed by atoms with E-state index in [-0.39, 0.29) is 23.2 Å². The van der Waals surface area contributed by atoms with Crippen molar-refractivity contribution in [3.63, 3.8) is 0 Å². The number of nitrogens with one attached hydrogen (secondary N) is 1. The summed E-state index contributed by atoms with van der Waals surface area (Å²) in [6.45, 7) is 10.2. The number of rotatable bonds is 9. The summed E-state index contributed by atoms with van der Waals surface area (Å²) in [6.07, 6.45) is 5.26. The molecule has 7 heteroatoms. The first kappa shape index (κ1) is 27.8. The van der Waals surface area contributed by atoms with E-state index in [4.69, 9.17) is 0 Å². The van der Waals surface area contributed by atoms with E-state index in [1.54, 1.807) is 19.1 Å². The fourth-order valence-corrected chi connectivity index (χ4v) is 6.92. The molecule has 2 aromatic carbocycles. The number of aliphatic hydroxyl groups excluding tert-OH is 1. The summed E-state index contributed by atoms with van der Waals surface area (Å²) in [5.74, 6) is 1.87. The fraction of sp³-hybridized carbons (Fsp3) is 0.567. The van der Waals surface area contributed by atoms with Crippen molar-refractivity contribution in [1.29, 1.82) is 0 Å². The lowest BCUT2D eigenvalue weighted by Gasteiger charge is -2.34. The van der Waals surface area contributed by atoms with E-state index in [0.717, 1.165) is 24.9 Å². The van der Waals surface area contributed by atoms with Gasteiger partial charge in [-0.05, 0) is 71.6 Å². The lowest BCUT2D eigenvalue weighted by Crippen LogP contribution is -2.32. The van der Waals surface area contributed by atoms with Crippen LogP contribution in [0.5, 0.6) is 0 Å². The van der Waals surface area contributed by atoms with E-state index in [9.17, 15) is 18.3 Å². The second kappa shape index (κ2) is 11.7. The van der Waals surface area contributed by atoms with Gasteiger partial charge in [-0.25, -0.2) is 8.42 Å². The zero-order valence-electron chi connectivity index (χ0n) is 22.6. The summed E-state index contributed by atoms with van der Waals surface area (Å²) in [5.41, 5.74) is 3.78. The largest absolute Gasteiger partial charge is 0.394 e. The molecule has 202 valence electrons. The van der Waals surface area contributed by atoms with Gasteiger partial charge in [0.2, 0.25) is 0 Å². The molecule has 37 heavy (non-hydrogen) atoms. The van der Waals surface area contributed by atoms with Crippen molar-refractivity contribution in [2.75, 3.05) is 18.9 Å². The average Bonchev–Trinajstić information content (AvgIpc) is 3.25. The molecule has 1 amide bonds. The van der Waals surface area contributed by atoms with E-state index < -0.39 is 15.9 Å². The van der Waals surface area contributed by atoms with Crippen LogP contribution in [-0.2, 0) is 16.4 Å². The number of hydrogen-bond acceptors (Lipinski definition) is 5. The highest BCUT2D eigenvalue weighted by Gasteiger charge is 2.34. The van der Waals surface area contributed by atoms with Gasteiger partial charge in [0.25, 0.3) is 5.91 Å². The lowest BCUT2D eigenvalue weighted by molar-refractivity contribution is 0.0916. The third kappa shape index (κ3) is 6.27. The van der Waals surface area contributed by atoms with Gasteiger partial charge in [-0.15, -0.1) is 0 Å². The van der Waals surface area contributed by atoms with Crippen molar-refractivity contribution in [1.82, 2.24) is 10.2 Å². The normalized spacial score (nSPS) is 23.1. The summed E-state index contributed by atoms with van der Waals surface area (Å²) in [7, 11) is -3.30. The van der Waals surface area contributed by atoms with Crippen LogP contribution in [0.2, 0.25) is 0 Å². The number of carbonyl (C=O) groups is 1. The molecule has 1 aliphatic heterocycles. The monoisotopic (exact) mass is 526 g/mol. The van der Waals surface area contributed by atoms with Crippen molar-refractivity contribution >= 4 is 15.7 Å². The molecule has 2 aliphatic rings. The van der Waals surface area contributed by atoms with Gasteiger partial charge in [0, 0.05) is 24.7 Å². The Morgan fingerprint density at radius 2 is 1.76 bits per heavy atom. The van der Waals surface area contributed by atoms with Crippen LogP contribution in [0.15, 0.2) is 47.4 Å². The number of sulfone groups is 1. The van der Waals surface area contributed by atoms with Crippen molar-refractivity contribution < 1.29 is 18.3 Å². The number of benzene rings is 2. The zero-order chi connectivity index (χ0) is 26.7. The molecule has 0 spiro atoms. The Bertz CT molecular complexity index is 1180. The Morgan fingerprint density at radius 1 is 1.08 bits per heavy atom. The Hall–Kier alpha value is -2.22. The first-order valence-electron chi connectivity index (χ1n) is 13.7. The van der Waals surface area contributed by atoms with Crippen LogP contribution < -0.4 is 5.32 Å². The number of aliphatic hydroxyl groups is 1. The van der Waals surface area contributed by atoms with E-state index >= 15 is 0 Å². The SMILES string of the molecule is CCS(=O)(=O)c1ccc([C@@H](CO)NC(=O)c2ccc3c(c2)CN(CC2CCC(C)CC2)[C@H]3C(C)C)cc1. The second-order valence-electron chi connectivity index (χ2n) is 11.3. The third-order valence-corrected chi connectivity index (χ3v) is 10.0. The molecular weight excluding hydrogens is 484 g/mol. The molecule has 6 nitrogen and oxygen atoms in total. The van der Waals surface area contributed by atoms with Crippen LogP contribution in [0.1, 0.15) is 92.5 Å². The number of amides is 1. The molecule has 1 aliphatic carbocycles. The van der Waals surface area contributed by atoms with Gasteiger partial charge in [-0.2, -0.15) is 0 Å². The summed E-state index contributed by atoms with van der Waals surface area (Å²) in [5, 5.41) is 12.9. The van der Waals surface area contributed by atoms with Crippen LogP contribution >= 0.6 is 0 Å². The maximum absolute atomic E-state index is 13.2. The minimum atomic E-state index is -3.30. The predicted molar refractivity (Wildman–Crippen MR) is 147 cm³/mol. The Kier molecular flexibility index (Phi) is 8.77. The Morgan fingerprint density at radius 3 is 2.35 bits per heavy atom. The molecule has 0 unspecified atom stereocenters. The molecule has 0 radical (unpaired) electrons. The Balaban J connectivity index is 1.47. The molecule has 4 rings (SSSR count). The number of nitrogens with zero attached hydrogens (tertiary/aromatic N) is 1. The lowest BCUT2D eigenvalue weighted by atomic mass is 9.82. The molecule has 1 heterocycles. The van der Waals surface area contributed by atoms with Crippen LogP contribution in [0.25, 0.3) is 0 Å².